The van der Waals surface area contributed by atoms with Crippen molar-refractivity contribution < 1.29 is 4.74 Å². The summed E-state index contributed by atoms with van der Waals surface area (Å²) in [6.07, 6.45) is 1.69. The van der Waals surface area contributed by atoms with Gasteiger partial charge in [-0.15, -0.1) is 10.2 Å². The Hall–Kier alpha value is -2.89. The molecule has 2 unspecified atom stereocenters. The first-order valence-corrected chi connectivity index (χ1v) is 6.20. The number of hydrogen-bond acceptors (Lipinski definition) is 9. The zero-order valence-corrected chi connectivity index (χ0v) is 10.9. The highest BCUT2D eigenvalue weighted by atomic mass is 16.5. The first-order chi connectivity index (χ1) is 10.4. The number of aromatic nitrogens is 10. The average molecular weight is 289 g/mol. The van der Waals surface area contributed by atoms with Gasteiger partial charge < -0.3 is 14.6 Å². The summed E-state index contributed by atoms with van der Waals surface area (Å²) in [5.74, 6) is 1.77. The molecule has 0 saturated heterocycles. The van der Waals surface area contributed by atoms with Crippen LogP contribution in [0, 0.1) is 0 Å². The summed E-state index contributed by atoms with van der Waals surface area (Å²) in [6, 6.07) is -0.210. The Labute approximate surface area is 117 Å². The van der Waals surface area contributed by atoms with E-state index in [1.54, 1.807) is 7.11 Å². The zero-order chi connectivity index (χ0) is 14.2. The molecule has 12 nitrogen and oxygen atoms in total. The Kier molecular flexibility index (Phi) is 2.60. The summed E-state index contributed by atoms with van der Waals surface area (Å²) in [5, 5.41) is 30.9. The lowest BCUT2D eigenvalue weighted by atomic mass is 10.1. The van der Waals surface area contributed by atoms with Crippen molar-refractivity contribution in [3.05, 3.63) is 12.0 Å². The van der Waals surface area contributed by atoms with Gasteiger partial charge in [0.2, 0.25) is 5.95 Å². The average Bonchev–Trinajstić information content (AvgIpc) is 3.24. The van der Waals surface area contributed by atoms with Crippen LogP contribution in [0.5, 0.6) is 0 Å². The molecule has 108 valence electrons. The fourth-order valence-corrected chi connectivity index (χ4v) is 2.41. The molecule has 0 spiro atoms. The third-order valence-corrected chi connectivity index (χ3v) is 3.38. The minimum Gasteiger partial charge on any atom is -0.377 e. The molecule has 4 heterocycles. The summed E-state index contributed by atoms with van der Waals surface area (Å²) in [5.41, 5.74) is 0.622. The van der Waals surface area contributed by atoms with Gasteiger partial charge in [-0.2, -0.15) is 0 Å². The molecule has 0 aromatic carbocycles. The van der Waals surface area contributed by atoms with Gasteiger partial charge in [0.15, 0.2) is 11.6 Å². The predicted octanol–water partition coefficient (Wildman–Crippen LogP) is -1.39. The third kappa shape index (κ3) is 1.84. The quantitative estimate of drug-likeness (QED) is 0.529. The number of anilines is 1. The molecule has 0 saturated carbocycles. The van der Waals surface area contributed by atoms with E-state index in [1.807, 2.05) is 10.8 Å². The first kappa shape index (κ1) is 11.9. The summed E-state index contributed by atoms with van der Waals surface area (Å²) in [6.45, 7) is 0.590. The molecule has 1 aliphatic rings. The van der Waals surface area contributed by atoms with E-state index in [0.717, 1.165) is 0 Å². The highest BCUT2D eigenvalue weighted by Gasteiger charge is 2.34. The number of H-pyrrole nitrogens is 2. The molecular weight excluding hydrogens is 278 g/mol. The molecule has 12 heteroatoms. The van der Waals surface area contributed by atoms with Crippen LogP contribution >= 0.6 is 0 Å². The van der Waals surface area contributed by atoms with Crippen LogP contribution in [0.4, 0.5) is 5.95 Å². The molecule has 3 N–H and O–H groups in total. The van der Waals surface area contributed by atoms with Crippen molar-refractivity contribution in [1.82, 2.24) is 50.8 Å². The second kappa shape index (κ2) is 4.59. The number of imidazole rings is 1. The van der Waals surface area contributed by atoms with Crippen molar-refractivity contribution in [2.75, 3.05) is 19.0 Å². The molecule has 3 aromatic heterocycles. The second-order valence-electron chi connectivity index (χ2n) is 4.49. The standard InChI is InChI=1S/C9H11N11O/c1-21-5-2-10-9-11-4(7-12-16-17-13-7)3-20(9)6(5)8-14-18-19-15-8/h3,5-6H,2H2,1H3,(H,10,11)(H,12,13,16,17)(H,14,15,18,19). The molecule has 2 atom stereocenters. The number of nitrogens with zero attached hydrogens (tertiary/aromatic N) is 8. The van der Waals surface area contributed by atoms with Gasteiger partial charge in [0.25, 0.3) is 0 Å². The maximum absolute atomic E-state index is 5.51. The summed E-state index contributed by atoms with van der Waals surface area (Å²) >= 11 is 0. The lowest BCUT2D eigenvalue weighted by molar-refractivity contribution is 0.0718. The Morgan fingerprint density at radius 3 is 2.81 bits per heavy atom. The van der Waals surface area contributed by atoms with Gasteiger partial charge in [0.05, 0.1) is 0 Å². The number of methoxy groups -OCH3 is 1. The van der Waals surface area contributed by atoms with Crippen molar-refractivity contribution in [2.24, 2.45) is 0 Å². The number of nitrogens with one attached hydrogen (secondary N) is 3. The number of fused-ring (bicyclic) bond motifs is 1. The second-order valence-corrected chi connectivity index (χ2v) is 4.49. The highest BCUT2D eigenvalue weighted by molar-refractivity contribution is 5.52. The van der Waals surface area contributed by atoms with E-state index < -0.39 is 0 Å². The number of ether oxygens (including phenoxy) is 1. The van der Waals surface area contributed by atoms with Crippen molar-refractivity contribution >= 4 is 5.95 Å². The Morgan fingerprint density at radius 1 is 1.24 bits per heavy atom. The molecular formula is C9H11N11O. The van der Waals surface area contributed by atoms with Gasteiger partial charge in [0, 0.05) is 19.9 Å². The number of rotatable bonds is 3. The van der Waals surface area contributed by atoms with Gasteiger partial charge in [-0.25, -0.2) is 15.2 Å². The number of hydrogen-bond donors (Lipinski definition) is 3. The van der Waals surface area contributed by atoms with E-state index in [2.05, 4.69) is 51.5 Å². The van der Waals surface area contributed by atoms with Gasteiger partial charge in [0.1, 0.15) is 17.8 Å². The fourth-order valence-electron chi connectivity index (χ4n) is 2.41. The van der Waals surface area contributed by atoms with Crippen LogP contribution in [0.25, 0.3) is 11.5 Å². The fraction of sp³-hybridized carbons (Fsp3) is 0.444. The van der Waals surface area contributed by atoms with Crippen LogP contribution in [0.2, 0.25) is 0 Å². The van der Waals surface area contributed by atoms with Crippen LogP contribution in [-0.2, 0) is 4.74 Å². The van der Waals surface area contributed by atoms with E-state index in [1.165, 1.54) is 0 Å². The Bertz CT molecular complexity index is 717. The monoisotopic (exact) mass is 289 g/mol. The van der Waals surface area contributed by atoms with Crippen LogP contribution in [0.1, 0.15) is 11.9 Å². The molecule has 1 aliphatic heterocycles. The van der Waals surface area contributed by atoms with Crippen molar-refractivity contribution in [3.8, 4) is 11.5 Å². The first-order valence-electron chi connectivity index (χ1n) is 6.20. The normalized spacial score (nSPS) is 21.0. The molecule has 0 bridgehead atoms. The van der Waals surface area contributed by atoms with Crippen molar-refractivity contribution in [3.63, 3.8) is 0 Å². The van der Waals surface area contributed by atoms with E-state index >= 15 is 0 Å². The smallest absolute Gasteiger partial charge is 0.204 e. The van der Waals surface area contributed by atoms with Crippen molar-refractivity contribution in [1.29, 1.82) is 0 Å². The lowest BCUT2D eigenvalue weighted by Gasteiger charge is -2.31. The van der Waals surface area contributed by atoms with E-state index in [9.17, 15) is 0 Å². The van der Waals surface area contributed by atoms with E-state index in [0.29, 0.717) is 29.8 Å². The minimum atomic E-state index is -0.210. The van der Waals surface area contributed by atoms with Crippen LogP contribution in [0.3, 0.4) is 0 Å². The minimum absolute atomic E-state index is 0.137. The van der Waals surface area contributed by atoms with Gasteiger partial charge in [-0.1, -0.05) is 0 Å². The maximum atomic E-state index is 5.51. The molecule has 0 radical (unpaired) electrons. The summed E-state index contributed by atoms with van der Waals surface area (Å²) in [7, 11) is 1.65. The zero-order valence-electron chi connectivity index (χ0n) is 10.9. The largest absolute Gasteiger partial charge is 0.377 e. The number of aromatic amines is 2. The predicted molar refractivity (Wildman–Crippen MR) is 67.0 cm³/mol. The van der Waals surface area contributed by atoms with Crippen molar-refractivity contribution in [2.45, 2.75) is 12.1 Å². The van der Waals surface area contributed by atoms with E-state index in [4.69, 9.17) is 4.74 Å². The molecule has 3 aromatic rings. The molecule has 21 heavy (non-hydrogen) atoms. The lowest BCUT2D eigenvalue weighted by Crippen LogP contribution is -2.39. The van der Waals surface area contributed by atoms with Crippen LogP contribution in [0.15, 0.2) is 6.20 Å². The van der Waals surface area contributed by atoms with Crippen LogP contribution in [-0.4, -0.2) is 70.6 Å². The summed E-state index contributed by atoms with van der Waals surface area (Å²) in [4.78, 5) is 4.46. The van der Waals surface area contributed by atoms with Gasteiger partial charge in [-0.3, -0.25) is 0 Å². The maximum Gasteiger partial charge on any atom is 0.204 e. The van der Waals surface area contributed by atoms with Gasteiger partial charge in [-0.05, 0) is 20.9 Å². The number of tetrazole rings is 2. The third-order valence-electron chi connectivity index (χ3n) is 3.38. The molecule has 0 amide bonds. The molecule has 4 rings (SSSR count). The molecule has 0 aliphatic carbocycles. The SMILES string of the molecule is COC1CNc2nc(-c3nnn[nH]3)cn2C1c1nnn[nH]1. The van der Waals surface area contributed by atoms with Gasteiger partial charge >= 0.3 is 0 Å². The molecule has 0 fully saturated rings. The van der Waals surface area contributed by atoms with E-state index in [-0.39, 0.29) is 12.1 Å². The highest BCUT2D eigenvalue weighted by Crippen LogP contribution is 2.31. The summed E-state index contributed by atoms with van der Waals surface area (Å²) < 4.78 is 7.41. The topological polar surface area (TPSA) is 148 Å². The Morgan fingerprint density at radius 2 is 2.10 bits per heavy atom. The Balaban J connectivity index is 1.81. The van der Waals surface area contributed by atoms with Crippen LogP contribution < -0.4 is 5.32 Å².